The average Bonchev–Trinajstić information content (AvgIpc) is 3.14. The first-order valence-corrected chi connectivity index (χ1v) is 9.15. The molecular formula is C14H25N3O5S. The number of rotatable bonds is 6. The Hall–Kier alpha value is -1.19. The van der Waals surface area contributed by atoms with Crippen molar-refractivity contribution in [3.05, 3.63) is 0 Å². The number of hydrogen-bond donors (Lipinski definition) is 0. The van der Waals surface area contributed by atoms with Crippen LogP contribution in [0.3, 0.4) is 0 Å². The van der Waals surface area contributed by atoms with Gasteiger partial charge in [0.05, 0.1) is 13.0 Å². The molecule has 23 heavy (non-hydrogen) atoms. The van der Waals surface area contributed by atoms with E-state index in [0.717, 1.165) is 0 Å². The highest BCUT2D eigenvalue weighted by Gasteiger charge is 2.51. The molecule has 2 rings (SSSR count). The first-order valence-electron chi connectivity index (χ1n) is 7.65. The third-order valence-electron chi connectivity index (χ3n) is 4.54. The van der Waals surface area contributed by atoms with E-state index in [0.29, 0.717) is 6.54 Å². The number of ether oxygens (including phenoxy) is 1. The fraction of sp³-hybridized carbons (Fsp3) is 0.857. The van der Waals surface area contributed by atoms with Crippen LogP contribution >= 0.6 is 0 Å². The summed E-state index contributed by atoms with van der Waals surface area (Å²) in [5, 5.41) is -0.449. The molecule has 0 bridgehead atoms. The Balaban J connectivity index is 1.96. The predicted molar refractivity (Wildman–Crippen MR) is 83.8 cm³/mol. The highest BCUT2D eigenvalue weighted by Crippen LogP contribution is 2.30. The van der Waals surface area contributed by atoms with E-state index in [1.54, 1.807) is 19.0 Å². The maximum Gasteiger partial charge on any atom is 0.328 e. The van der Waals surface area contributed by atoms with Crippen molar-refractivity contribution in [2.45, 2.75) is 25.3 Å². The lowest BCUT2D eigenvalue weighted by molar-refractivity contribution is -0.156. The topological polar surface area (TPSA) is 87.0 Å². The molecule has 3 atom stereocenters. The van der Waals surface area contributed by atoms with Gasteiger partial charge in [-0.25, -0.2) is 13.2 Å². The quantitative estimate of drug-likeness (QED) is 0.461. The van der Waals surface area contributed by atoms with E-state index in [-0.39, 0.29) is 24.9 Å². The Morgan fingerprint density at radius 1 is 1.22 bits per heavy atom. The van der Waals surface area contributed by atoms with E-state index in [2.05, 4.69) is 0 Å². The molecule has 8 nitrogen and oxygen atoms in total. The SMILES string of the molecule is COC(=O)[C@H](C(C)C)N(C)C(=O)C1CN(S(=O)(=O)[C@@H]2CN2C)C1. The summed E-state index contributed by atoms with van der Waals surface area (Å²) in [4.78, 5) is 27.5. The maximum absolute atomic E-state index is 12.5. The van der Waals surface area contributed by atoms with Gasteiger partial charge in [-0.1, -0.05) is 13.8 Å². The number of carbonyl (C=O) groups is 2. The first kappa shape index (κ1) is 18.2. The largest absolute Gasteiger partial charge is 0.467 e. The van der Waals surface area contributed by atoms with Gasteiger partial charge in [-0.05, 0) is 13.0 Å². The molecular weight excluding hydrogens is 322 g/mol. The summed E-state index contributed by atoms with van der Waals surface area (Å²) in [6.07, 6.45) is 0. The summed E-state index contributed by atoms with van der Waals surface area (Å²) in [5.41, 5.74) is 0. The van der Waals surface area contributed by atoms with Crippen molar-refractivity contribution >= 4 is 21.9 Å². The van der Waals surface area contributed by atoms with Crippen molar-refractivity contribution in [1.29, 1.82) is 0 Å². The molecule has 2 aliphatic heterocycles. The van der Waals surface area contributed by atoms with Gasteiger partial charge < -0.3 is 9.64 Å². The van der Waals surface area contributed by atoms with Crippen LogP contribution in [0.1, 0.15) is 13.8 Å². The zero-order valence-electron chi connectivity index (χ0n) is 14.2. The minimum atomic E-state index is -3.33. The molecule has 0 aromatic heterocycles. The third kappa shape index (κ3) is 3.36. The van der Waals surface area contributed by atoms with Crippen LogP contribution in [0.4, 0.5) is 0 Å². The summed E-state index contributed by atoms with van der Waals surface area (Å²) < 4.78 is 30.5. The van der Waals surface area contributed by atoms with Crippen molar-refractivity contribution in [1.82, 2.24) is 14.1 Å². The fourth-order valence-corrected chi connectivity index (χ4v) is 4.92. The standard InChI is InChI=1S/C14H25N3O5S/c1-9(2)12(14(19)22-5)16(4)13(18)10-6-17(7-10)23(20,21)11-8-15(11)3/h9-12H,6-8H2,1-5H3/t11-,12+,15?/m1/s1. The molecule has 0 radical (unpaired) electrons. The van der Waals surface area contributed by atoms with Gasteiger partial charge in [0.15, 0.2) is 0 Å². The van der Waals surface area contributed by atoms with Crippen molar-refractivity contribution in [2.24, 2.45) is 11.8 Å². The van der Waals surface area contributed by atoms with Crippen LogP contribution in [0.2, 0.25) is 0 Å². The number of nitrogens with zero attached hydrogens (tertiary/aromatic N) is 3. The van der Waals surface area contributed by atoms with E-state index >= 15 is 0 Å². The van der Waals surface area contributed by atoms with Crippen LogP contribution in [0.25, 0.3) is 0 Å². The van der Waals surface area contributed by atoms with Crippen LogP contribution in [-0.2, 0) is 24.3 Å². The monoisotopic (exact) mass is 347 g/mol. The van der Waals surface area contributed by atoms with E-state index in [4.69, 9.17) is 4.74 Å². The normalized spacial score (nSPS) is 26.5. The van der Waals surface area contributed by atoms with Gasteiger partial charge in [-0.3, -0.25) is 9.69 Å². The van der Waals surface area contributed by atoms with E-state index in [9.17, 15) is 18.0 Å². The van der Waals surface area contributed by atoms with Crippen molar-refractivity contribution in [3.63, 3.8) is 0 Å². The smallest absolute Gasteiger partial charge is 0.328 e. The summed E-state index contributed by atoms with van der Waals surface area (Å²) in [7, 11) is 1.28. The van der Waals surface area contributed by atoms with Crippen LogP contribution in [0.15, 0.2) is 0 Å². The van der Waals surface area contributed by atoms with Crippen LogP contribution in [0, 0.1) is 11.8 Å². The molecule has 0 aromatic rings. The molecule has 9 heteroatoms. The minimum Gasteiger partial charge on any atom is -0.467 e. The minimum absolute atomic E-state index is 0.0866. The highest BCUT2D eigenvalue weighted by atomic mass is 32.2. The molecule has 0 aliphatic carbocycles. The van der Waals surface area contributed by atoms with Gasteiger partial charge >= 0.3 is 5.97 Å². The number of hydrogen-bond acceptors (Lipinski definition) is 6. The number of amides is 1. The number of sulfonamides is 1. The Morgan fingerprint density at radius 3 is 2.13 bits per heavy atom. The predicted octanol–water partition coefficient (Wildman–Crippen LogP) is -0.824. The summed E-state index contributed by atoms with van der Waals surface area (Å²) in [6.45, 7) is 4.58. The second kappa shape index (κ2) is 6.37. The third-order valence-corrected chi connectivity index (χ3v) is 6.76. The lowest BCUT2D eigenvalue weighted by Gasteiger charge is -2.40. The van der Waals surface area contributed by atoms with Crippen molar-refractivity contribution < 1.29 is 22.7 Å². The average molecular weight is 347 g/mol. The van der Waals surface area contributed by atoms with Crippen LogP contribution < -0.4 is 0 Å². The molecule has 2 saturated heterocycles. The van der Waals surface area contributed by atoms with E-state index in [1.807, 2.05) is 13.8 Å². The first-order chi connectivity index (χ1) is 10.6. The number of carbonyl (C=O) groups excluding carboxylic acids is 2. The Morgan fingerprint density at radius 2 is 1.74 bits per heavy atom. The lowest BCUT2D eigenvalue weighted by Crippen LogP contribution is -2.59. The zero-order chi connectivity index (χ0) is 17.5. The number of esters is 1. The second-order valence-electron chi connectivity index (χ2n) is 6.61. The van der Waals surface area contributed by atoms with Crippen LogP contribution in [0.5, 0.6) is 0 Å². The Kier molecular flexibility index (Phi) is 5.03. The molecule has 1 amide bonds. The Labute approximate surface area is 137 Å². The van der Waals surface area contributed by atoms with Gasteiger partial charge in [0.1, 0.15) is 11.4 Å². The second-order valence-corrected chi connectivity index (χ2v) is 8.70. The zero-order valence-corrected chi connectivity index (χ0v) is 15.0. The summed E-state index contributed by atoms with van der Waals surface area (Å²) in [5.74, 6) is -1.16. The van der Waals surface area contributed by atoms with Gasteiger partial charge in [0.2, 0.25) is 15.9 Å². The van der Waals surface area contributed by atoms with Gasteiger partial charge in [0.25, 0.3) is 0 Å². The summed E-state index contributed by atoms with van der Waals surface area (Å²) >= 11 is 0. The highest BCUT2D eigenvalue weighted by molar-refractivity contribution is 7.90. The number of likely N-dealkylation sites (N-methyl/N-ethyl adjacent to an activating group) is 2. The van der Waals surface area contributed by atoms with Gasteiger partial charge in [-0.15, -0.1) is 0 Å². The molecule has 2 aliphatic rings. The molecule has 1 unspecified atom stereocenters. The van der Waals surface area contributed by atoms with Crippen molar-refractivity contribution in [3.8, 4) is 0 Å². The molecule has 0 N–H and O–H groups in total. The van der Waals surface area contributed by atoms with Crippen LogP contribution in [-0.4, -0.2) is 86.7 Å². The van der Waals surface area contributed by atoms with E-state index < -0.39 is 33.3 Å². The molecule has 0 saturated carbocycles. The maximum atomic E-state index is 12.5. The molecule has 132 valence electrons. The fourth-order valence-electron chi connectivity index (χ4n) is 2.92. The van der Waals surface area contributed by atoms with Crippen molar-refractivity contribution in [2.75, 3.05) is 40.8 Å². The number of methoxy groups -OCH3 is 1. The summed E-state index contributed by atoms with van der Waals surface area (Å²) in [6, 6.07) is -0.660. The molecule has 0 spiro atoms. The van der Waals surface area contributed by atoms with Gasteiger partial charge in [-0.2, -0.15) is 4.31 Å². The van der Waals surface area contributed by atoms with E-state index in [1.165, 1.54) is 16.3 Å². The molecule has 0 aromatic carbocycles. The Bertz CT molecular complexity index is 585. The van der Waals surface area contributed by atoms with Gasteiger partial charge in [0, 0.05) is 26.7 Å². The molecule has 2 fully saturated rings. The lowest BCUT2D eigenvalue weighted by atomic mass is 9.97. The molecule has 2 heterocycles.